The number of rotatable bonds is 4. The van der Waals surface area contributed by atoms with Gasteiger partial charge in [0.2, 0.25) is 0 Å². The number of aryl methyl sites for hydroxylation is 1. The second-order valence-corrected chi connectivity index (χ2v) is 5.05. The summed E-state index contributed by atoms with van der Waals surface area (Å²) < 4.78 is 6.34. The van der Waals surface area contributed by atoms with Crippen LogP contribution in [0.1, 0.15) is 17.0 Å². The van der Waals surface area contributed by atoms with Gasteiger partial charge in [-0.1, -0.05) is 39.3 Å². The van der Waals surface area contributed by atoms with Crippen molar-refractivity contribution in [2.75, 3.05) is 7.05 Å². The molecule has 0 spiro atoms. The van der Waals surface area contributed by atoms with Gasteiger partial charge in [-0.25, -0.2) is 0 Å². The van der Waals surface area contributed by atoms with E-state index in [1.165, 1.54) is 5.56 Å². The van der Waals surface area contributed by atoms with Crippen molar-refractivity contribution in [3.05, 3.63) is 51.8 Å². The fourth-order valence-electron chi connectivity index (χ4n) is 1.73. The molecule has 0 radical (unpaired) electrons. The van der Waals surface area contributed by atoms with E-state index in [0.717, 1.165) is 29.0 Å². The molecule has 2 rings (SSSR count). The quantitative estimate of drug-likeness (QED) is 0.866. The molecular formula is C13H15BrN2O. The predicted octanol–water partition coefficient (Wildman–Crippen LogP) is 3.38. The minimum absolute atomic E-state index is 0.766. The lowest BCUT2D eigenvalue weighted by Crippen LogP contribution is -2.17. The zero-order chi connectivity index (χ0) is 12.3. The van der Waals surface area contributed by atoms with E-state index in [-0.39, 0.29) is 0 Å². The maximum Gasteiger partial charge on any atom is 0.150 e. The van der Waals surface area contributed by atoms with Gasteiger partial charge in [0.05, 0.1) is 12.2 Å². The van der Waals surface area contributed by atoms with Gasteiger partial charge >= 0.3 is 0 Å². The number of hydrogen-bond acceptors (Lipinski definition) is 3. The van der Waals surface area contributed by atoms with Crippen LogP contribution in [0.3, 0.4) is 0 Å². The molecule has 4 heteroatoms. The van der Waals surface area contributed by atoms with Crippen molar-refractivity contribution in [2.45, 2.75) is 20.0 Å². The Labute approximate surface area is 110 Å². The number of hydrogen-bond donors (Lipinski definition) is 0. The highest BCUT2D eigenvalue weighted by Crippen LogP contribution is 2.18. The van der Waals surface area contributed by atoms with Gasteiger partial charge < -0.3 is 4.52 Å². The maximum absolute atomic E-state index is 5.20. The maximum atomic E-state index is 5.20. The summed E-state index contributed by atoms with van der Waals surface area (Å²) in [6.07, 6.45) is 0. The van der Waals surface area contributed by atoms with Gasteiger partial charge in [-0.15, -0.1) is 0 Å². The predicted molar refractivity (Wildman–Crippen MR) is 70.6 cm³/mol. The molecular weight excluding hydrogens is 280 g/mol. The van der Waals surface area contributed by atoms with Crippen molar-refractivity contribution < 1.29 is 4.52 Å². The van der Waals surface area contributed by atoms with Crippen molar-refractivity contribution in [1.82, 2.24) is 10.1 Å². The molecule has 0 bridgehead atoms. The van der Waals surface area contributed by atoms with Gasteiger partial charge in [0, 0.05) is 17.1 Å². The van der Waals surface area contributed by atoms with Crippen molar-refractivity contribution in [3.8, 4) is 0 Å². The van der Waals surface area contributed by atoms with Crippen LogP contribution in [0.4, 0.5) is 0 Å². The van der Waals surface area contributed by atoms with E-state index in [4.69, 9.17) is 4.52 Å². The van der Waals surface area contributed by atoms with Crippen LogP contribution in [0.25, 0.3) is 0 Å². The zero-order valence-corrected chi connectivity index (χ0v) is 11.6. The Morgan fingerprint density at radius 1 is 1.29 bits per heavy atom. The van der Waals surface area contributed by atoms with Crippen LogP contribution < -0.4 is 0 Å². The Morgan fingerprint density at radius 2 is 2.06 bits per heavy atom. The summed E-state index contributed by atoms with van der Waals surface area (Å²) in [5.41, 5.74) is 2.19. The van der Waals surface area contributed by atoms with Crippen molar-refractivity contribution >= 4 is 15.9 Å². The Morgan fingerprint density at radius 3 is 2.71 bits per heavy atom. The second-order valence-electron chi connectivity index (χ2n) is 4.20. The summed E-state index contributed by atoms with van der Waals surface area (Å²) in [5, 5.41) is 3.88. The minimum Gasteiger partial charge on any atom is -0.360 e. The standard InChI is InChI=1S/C13H15BrN2O/c1-10-7-12(17-15-10)9-16(2)8-11-5-3-4-6-13(11)14/h3-7H,8-9H2,1-2H3. The molecule has 0 aliphatic rings. The van der Waals surface area contributed by atoms with Gasteiger partial charge in [0.25, 0.3) is 0 Å². The highest BCUT2D eigenvalue weighted by molar-refractivity contribution is 9.10. The molecule has 1 aromatic heterocycles. The van der Waals surface area contributed by atoms with Crippen LogP contribution in [0, 0.1) is 6.92 Å². The molecule has 0 atom stereocenters. The van der Waals surface area contributed by atoms with Crippen molar-refractivity contribution in [2.24, 2.45) is 0 Å². The zero-order valence-electron chi connectivity index (χ0n) is 9.98. The number of nitrogens with zero attached hydrogens (tertiary/aromatic N) is 2. The molecule has 0 fully saturated rings. The van der Waals surface area contributed by atoms with Crippen molar-refractivity contribution in [3.63, 3.8) is 0 Å². The van der Waals surface area contributed by atoms with E-state index in [9.17, 15) is 0 Å². The number of halogens is 1. The van der Waals surface area contributed by atoms with Gasteiger partial charge in [-0.3, -0.25) is 4.90 Å². The van der Waals surface area contributed by atoms with Crippen LogP contribution >= 0.6 is 15.9 Å². The molecule has 0 unspecified atom stereocenters. The molecule has 3 nitrogen and oxygen atoms in total. The first-order chi connectivity index (χ1) is 8.15. The highest BCUT2D eigenvalue weighted by Gasteiger charge is 2.07. The second kappa shape index (κ2) is 5.47. The monoisotopic (exact) mass is 294 g/mol. The smallest absolute Gasteiger partial charge is 0.150 e. The van der Waals surface area contributed by atoms with Crippen LogP contribution in [-0.2, 0) is 13.1 Å². The van der Waals surface area contributed by atoms with Crippen LogP contribution in [0.5, 0.6) is 0 Å². The van der Waals surface area contributed by atoms with E-state index in [0.29, 0.717) is 0 Å². The minimum atomic E-state index is 0.766. The van der Waals surface area contributed by atoms with Gasteiger partial charge in [0.1, 0.15) is 0 Å². The molecule has 2 aromatic rings. The summed E-state index contributed by atoms with van der Waals surface area (Å²) in [7, 11) is 2.07. The Hall–Kier alpha value is -1.13. The third-order valence-electron chi connectivity index (χ3n) is 2.50. The molecule has 0 amide bonds. The Balaban J connectivity index is 1.98. The van der Waals surface area contributed by atoms with Crippen molar-refractivity contribution in [1.29, 1.82) is 0 Å². The molecule has 1 aromatic carbocycles. The average Bonchev–Trinajstić information content (AvgIpc) is 2.67. The Bertz CT molecular complexity index is 496. The summed E-state index contributed by atoms with van der Waals surface area (Å²) in [4.78, 5) is 2.19. The fourth-order valence-corrected chi connectivity index (χ4v) is 2.14. The normalized spacial score (nSPS) is 11.1. The highest BCUT2D eigenvalue weighted by atomic mass is 79.9. The molecule has 17 heavy (non-hydrogen) atoms. The number of aromatic nitrogens is 1. The van der Waals surface area contributed by atoms with E-state index >= 15 is 0 Å². The molecule has 0 saturated heterocycles. The van der Waals surface area contributed by atoms with Crippen LogP contribution in [-0.4, -0.2) is 17.1 Å². The molecule has 0 N–H and O–H groups in total. The van der Waals surface area contributed by atoms with Gasteiger partial charge in [0.15, 0.2) is 5.76 Å². The SMILES string of the molecule is Cc1cc(CN(C)Cc2ccccc2Br)on1. The van der Waals surface area contributed by atoms with E-state index < -0.39 is 0 Å². The van der Waals surface area contributed by atoms with E-state index in [1.807, 2.05) is 25.1 Å². The third kappa shape index (κ3) is 3.41. The largest absolute Gasteiger partial charge is 0.360 e. The first-order valence-electron chi connectivity index (χ1n) is 5.49. The first kappa shape index (κ1) is 12.3. The first-order valence-corrected chi connectivity index (χ1v) is 6.28. The topological polar surface area (TPSA) is 29.3 Å². The van der Waals surface area contributed by atoms with Crippen LogP contribution in [0.2, 0.25) is 0 Å². The van der Waals surface area contributed by atoms with Gasteiger partial charge in [-0.05, 0) is 25.6 Å². The lowest BCUT2D eigenvalue weighted by Gasteiger charge is -2.15. The summed E-state index contributed by atoms with van der Waals surface area (Å²) >= 11 is 3.55. The molecule has 90 valence electrons. The van der Waals surface area contributed by atoms with Crippen LogP contribution in [0.15, 0.2) is 39.3 Å². The summed E-state index contributed by atoms with van der Waals surface area (Å²) in [6, 6.07) is 10.2. The number of benzene rings is 1. The fraction of sp³-hybridized carbons (Fsp3) is 0.308. The van der Waals surface area contributed by atoms with E-state index in [1.54, 1.807) is 0 Å². The lowest BCUT2D eigenvalue weighted by atomic mass is 10.2. The molecule has 0 aliphatic carbocycles. The Kier molecular flexibility index (Phi) is 3.97. The third-order valence-corrected chi connectivity index (χ3v) is 3.27. The van der Waals surface area contributed by atoms with E-state index in [2.05, 4.69) is 45.2 Å². The molecule has 0 saturated carbocycles. The van der Waals surface area contributed by atoms with Gasteiger partial charge in [-0.2, -0.15) is 0 Å². The summed E-state index contributed by atoms with van der Waals surface area (Å²) in [5.74, 6) is 0.900. The summed E-state index contributed by atoms with van der Waals surface area (Å²) in [6.45, 7) is 3.57. The molecule has 0 aliphatic heterocycles. The molecule has 1 heterocycles. The average molecular weight is 295 g/mol. The lowest BCUT2D eigenvalue weighted by molar-refractivity contribution is 0.265.